The van der Waals surface area contributed by atoms with Gasteiger partial charge in [-0.2, -0.15) is 0 Å². The van der Waals surface area contributed by atoms with Crippen LogP contribution in [0, 0.1) is 0 Å². The minimum Gasteiger partial charge on any atom is -0.485 e. The molecule has 144 valence electrons. The summed E-state index contributed by atoms with van der Waals surface area (Å²) in [4.78, 5) is 15.1. The van der Waals surface area contributed by atoms with E-state index in [4.69, 9.17) is 13.9 Å². The predicted octanol–water partition coefficient (Wildman–Crippen LogP) is 4.81. The Morgan fingerprint density at radius 2 is 1.62 bits per heavy atom. The van der Waals surface area contributed by atoms with Crippen molar-refractivity contribution in [3.63, 3.8) is 0 Å². The molecule has 0 radical (unpaired) electrons. The van der Waals surface area contributed by atoms with Gasteiger partial charge in [0.05, 0.1) is 6.54 Å². The number of para-hydroxylation sites is 4. The van der Waals surface area contributed by atoms with Gasteiger partial charge in [0.2, 0.25) is 6.10 Å². The van der Waals surface area contributed by atoms with E-state index in [2.05, 4.69) is 0 Å². The van der Waals surface area contributed by atoms with Gasteiger partial charge >= 0.3 is 0 Å². The summed E-state index contributed by atoms with van der Waals surface area (Å²) in [5.74, 6) is 1.76. The van der Waals surface area contributed by atoms with Crippen molar-refractivity contribution in [3.05, 3.63) is 90.7 Å². The number of ether oxygens (including phenoxy) is 2. The molecule has 0 N–H and O–H groups in total. The minimum atomic E-state index is -0.727. The van der Waals surface area contributed by atoms with Crippen molar-refractivity contribution < 1.29 is 18.7 Å². The van der Waals surface area contributed by atoms with Crippen molar-refractivity contribution in [2.45, 2.75) is 12.6 Å². The van der Waals surface area contributed by atoms with Crippen LogP contribution in [0.1, 0.15) is 5.76 Å². The van der Waals surface area contributed by atoms with Gasteiger partial charge in [-0.3, -0.25) is 4.79 Å². The third kappa shape index (κ3) is 3.43. The molecule has 5 rings (SSSR count). The Kier molecular flexibility index (Phi) is 4.41. The highest BCUT2D eigenvalue weighted by Gasteiger charge is 2.32. The average molecular weight is 385 g/mol. The Balaban J connectivity index is 1.45. The van der Waals surface area contributed by atoms with E-state index < -0.39 is 6.10 Å². The third-order valence-electron chi connectivity index (χ3n) is 4.91. The van der Waals surface area contributed by atoms with Crippen molar-refractivity contribution in [3.8, 4) is 11.5 Å². The van der Waals surface area contributed by atoms with Crippen LogP contribution in [0.2, 0.25) is 0 Å². The largest absolute Gasteiger partial charge is 0.485 e. The van der Waals surface area contributed by atoms with Crippen molar-refractivity contribution in [1.82, 2.24) is 0 Å². The molecule has 1 aliphatic rings. The molecule has 1 amide bonds. The highest BCUT2D eigenvalue weighted by atomic mass is 16.6. The molecular weight excluding hydrogens is 366 g/mol. The first-order chi connectivity index (χ1) is 14.3. The first kappa shape index (κ1) is 17.4. The molecule has 0 fully saturated rings. The van der Waals surface area contributed by atoms with E-state index in [1.54, 1.807) is 11.0 Å². The lowest BCUT2D eigenvalue weighted by Gasteiger charge is -2.30. The monoisotopic (exact) mass is 385 g/mol. The van der Waals surface area contributed by atoms with E-state index in [-0.39, 0.29) is 12.5 Å². The number of hydrogen-bond acceptors (Lipinski definition) is 4. The maximum absolute atomic E-state index is 13.4. The second-order valence-corrected chi connectivity index (χ2v) is 6.87. The fourth-order valence-corrected chi connectivity index (χ4v) is 3.49. The number of furan rings is 1. The van der Waals surface area contributed by atoms with E-state index in [9.17, 15) is 4.79 Å². The van der Waals surface area contributed by atoms with Crippen molar-refractivity contribution in [2.24, 2.45) is 0 Å². The zero-order chi connectivity index (χ0) is 19.6. The molecule has 5 heteroatoms. The van der Waals surface area contributed by atoms with Crippen LogP contribution in [0.25, 0.3) is 11.0 Å². The molecular formula is C24H19NO4. The fraction of sp³-hybridized carbons (Fsp3) is 0.125. The molecule has 4 aromatic rings. The number of carbonyl (C=O) groups is 1. The lowest BCUT2D eigenvalue weighted by Crippen LogP contribution is -2.46. The number of fused-ring (bicyclic) bond motifs is 2. The number of benzene rings is 3. The Labute approximate surface area is 168 Å². The zero-order valence-electron chi connectivity index (χ0n) is 15.7. The smallest absolute Gasteiger partial charge is 0.272 e. The molecule has 0 spiro atoms. The Bertz CT molecular complexity index is 1120. The van der Waals surface area contributed by atoms with Gasteiger partial charge in [-0.1, -0.05) is 48.5 Å². The van der Waals surface area contributed by atoms with Gasteiger partial charge in [-0.05, 0) is 36.4 Å². The van der Waals surface area contributed by atoms with Crippen molar-refractivity contribution >= 4 is 22.6 Å². The van der Waals surface area contributed by atoms with E-state index in [0.29, 0.717) is 23.8 Å². The van der Waals surface area contributed by atoms with Gasteiger partial charge in [0.25, 0.3) is 5.91 Å². The van der Waals surface area contributed by atoms with Crippen LogP contribution in [0.15, 0.2) is 89.3 Å². The highest BCUT2D eigenvalue weighted by molar-refractivity contribution is 5.97. The minimum absolute atomic E-state index is 0.166. The van der Waals surface area contributed by atoms with Crippen LogP contribution in [-0.4, -0.2) is 18.6 Å². The first-order valence-electron chi connectivity index (χ1n) is 9.50. The first-order valence-corrected chi connectivity index (χ1v) is 9.50. The number of hydrogen-bond donors (Lipinski definition) is 0. The van der Waals surface area contributed by atoms with Gasteiger partial charge in [0.1, 0.15) is 18.0 Å². The fourth-order valence-electron chi connectivity index (χ4n) is 3.49. The molecule has 1 atom stereocenters. The van der Waals surface area contributed by atoms with Crippen LogP contribution < -0.4 is 14.4 Å². The second kappa shape index (κ2) is 7.36. The zero-order valence-corrected chi connectivity index (χ0v) is 15.7. The quantitative estimate of drug-likeness (QED) is 0.506. The molecule has 0 saturated heterocycles. The third-order valence-corrected chi connectivity index (χ3v) is 4.91. The molecule has 3 aromatic carbocycles. The molecule has 1 aromatic heterocycles. The maximum atomic E-state index is 13.4. The molecule has 0 unspecified atom stereocenters. The van der Waals surface area contributed by atoms with Crippen LogP contribution >= 0.6 is 0 Å². The van der Waals surface area contributed by atoms with E-state index in [0.717, 1.165) is 16.7 Å². The van der Waals surface area contributed by atoms with Crippen LogP contribution in [-0.2, 0) is 11.3 Å². The summed E-state index contributed by atoms with van der Waals surface area (Å²) < 4.78 is 17.6. The van der Waals surface area contributed by atoms with Gasteiger partial charge < -0.3 is 18.8 Å². The summed E-state index contributed by atoms with van der Waals surface area (Å²) in [6.07, 6.45) is -0.727. The summed E-state index contributed by atoms with van der Waals surface area (Å²) in [7, 11) is 0. The number of rotatable bonds is 4. The molecule has 0 saturated carbocycles. The van der Waals surface area contributed by atoms with Gasteiger partial charge in [-0.15, -0.1) is 0 Å². The van der Waals surface area contributed by atoms with Crippen LogP contribution in [0.3, 0.4) is 0 Å². The van der Waals surface area contributed by atoms with E-state index >= 15 is 0 Å². The second-order valence-electron chi connectivity index (χ2n) is 6.87. The Morgan fingerprint density at radius 1 is 0.897 bits per heavy atom. The van der Waals surface area contributed by atoms with Crippen LogP contribution in [0.5, 0.6) is 11.5 Å². The molecule has 2 heterocycles. The van der Waals surface area contributed by atoms with Gasteiger partial charge in [-0.25, -0.2) is 0 Å². The van der Waals surface area contributed by atoms with Crippen LogP contribution in [0.4, 0.5) is 5.69 Å². The predicted molar refractivity (Wildman–Crippen MR) is 110 cm³/mol. The Hall–Kier alpha value is -3.73. The molecule has 5 nitrogen and oxygen atoms in total. The number of anilines is 1. The topological polar surface area (TPSA) is 51.9 Å². The summed E-state index contributed by atoms with van der Waals surface area (Å²) in [5.41, 5.74) is 1.58. The molecule has 0 bridgehead atoms. The number of carbonyl (C=O) groups excluding carboxylic acids is 1. The highest BCUT2D eigenvalue weighted by Crippen LogP contribution is 2.32. The van der Waals surface area contributed by atoms with Crippen molar-refractivity contribution in [2.75, 3.05) is 11.5 Å². The molecule has 0 aliphatic carbocycles. The summed E-state index contributed by atoms with van der Waals surface area (Å²) in [5, 5.41) is 1.01. The average Bonchev–Trinajstić information content (AvgIpc) is 3.20. The molecule has 29 heavy (non-hydrogen) atoms. The van der Waals surface area contributed by atoms with E-state index in [1.165, 1.54) is 0 Å². The SMILES string of the molecule is O=C([C@@H]1COc2ccccc2O1)N(Cc1cc2ccccc2o1)c1ccccc1. The van der Waals surface area contributed by atoms with E-state index in [1.807, 2.05) is 78.9 Å². The normalized spacial score (nSPS) is 15.2. The van der Waals surface area contributed by atoms with Crippen molar-refractivity contribution in [1.29, 1.82) is 0 Å². The Morgan fingerprint density at radius 3 is 2.45 bits per heavy atom. The summed E-state index contributed by atoms with van der Waals surface area (Å²) >= 11 is 0. The summed E-state index contributed by atoms with van der Waals surface area (Å²) in [6, 6.07) is 26.7. The van der Waals surface area contributed by atoms with Gasteiger partial charge in [0, 0.05) is 11.1 Å². The summed E-state index contributed by atoms with van der Waals surface area (Å²) in [6.45, 7) is 0.471. The maximum Gasteiger partial charge on any atom is 0.272 e. The number of nitrogens with zero attached hydrogens (tertiary/aromatic N) is 1. The lowest BCUT2D eigenvalue weighted by atomic mass is 10.2. The van der Waals surface area contributed by atoms with Gasteiger partial charge in [0.15, 0.2) is 11.5 Å². The molecule has 1 aliphatic heterocycles. The lowest BCUT2D eigenvalue weighted by molar-refractivity contribution is -0.127. The standard InChI is InChI=1S/C24H19NO4/c26-24(23-16-27-21-12-6-7-13-22(21)29-23)25(18-9-2-1-3-10-18)15-19-14-17-8-4-5-11-20(17)28-19/h1-14,23H,15-16H2/t23-/m0/s1. The number of amides is 1.